The molecule has 3 rings (SSSR count). The maximum atomic E-state index is 5.53. The lowest BCUT2D eigenvalue weighted by molar-refractivity contribution is 0.597. The monoisotopic (exact) mass is 159 g/mol. The molecule has 0 saturated carbocycles. The van der Waals surface area contributed by atoms with Gasteiger partial charge in [-0.15, -0.1) is 0 Å². The largest absolute Gasteiger partial charge is 0.460 e. The summed E-state index contributed by atoms with van der Waals surface area (Å²) in [5.74, 6) is 1.17. The molecule has 2 nitrogen and oxygen atoms in total. The number of fused-ring (bicyclic) bond motifs is 3. The highest BCUT2D eigenvalue weighted by molar-refractivity contribution is 5.89. The molecule has 60 valence electrons. The Labute approximate surface area is 70.2 Å². The first-order valence-electron chi connectivity index (χ1n) is 4.10. The topological polar surface area (TPSA) is 25.2 Å². The molecular weight excluding hydrogens is 150 g/mol. The van der Waals surface area contributed by atoms with E-state index < -0.39 is 0 Å². The summed E-state index contributed by atoms with van der Waals surface area (Å²) >= 11 is 0. The van der Waals surface area contributed by atoms with E-state index in [0.29, 0.717) is 0 Å². The van der Waals surface area contributed by atoms with E-state index in [9.17, 15) is 0 Å². The average Bonchev–Trinajstić information content (AvgIpc) is 2.79. The molecule has 0 bridgehead atoms. The number of benzene rings is 1. The van der Waals surface area contributed by atoms with Crippen molar-refractivity contribution in [1.29, 1.82) is 0 Å². The van der Waals surface area contributed by atoms with Crippen molar-refractivity contribution in [2.75, 3.05) is 12.4 Å². The van der Waals surface area contributed by atoms with Crippen LogP contribution in [-0.2, 0) is 6.42 Å². The minimum absolute atomic E-state index is 1.02. The predicted octanol–water partition coefficient (Wildman–Crippen LogP) is 2.38. The van der Waals surface area contributed by atoms with Gasteiger partial charge in [0.25, 0.3) is 0 Å². The van der Waals surface area contributed by atoms with E-state index in [2.05, 4.69) is 11.4 Å². The second kappa shape index (κ2) is 1.83. The van der Waals surface area contributed by atoms with E-state index in [0.717, 1.165) is 17.7 Å². The molecule has 1 aliphatic rings. The van der Waals surface area contributed by atoms with E-state index in [4.69, 9.17) is 4.42 Å². The first-order chi connectivity index (χ1) is 5.88. The fourth-order valence-corrected chi connectivity index (χ4v) is 1.60. The summed E-state index contributed by atoms with van der Waals surface area (Å²) in [6.45, 7) is 0. The molecule has 0 spiro atoms. The van der Waals surface area contributed by atoms with Gasteiger partial charge in [-0.1, -0.05) is 0 Å². The number of hydrogen-bond acceptors (Lipinski definition) is 2. The van der Waals surface area contributed by atoms with Gasteiger partial charge >= 0.3 is 0 Å². The molecule has 0 aliphatic heterocycles. The lowest BCUT2D eigenvalue weighted by atomic mass is 10.2. The lowest BCUT2D eigenvalue weighted by Crippen LogP contribution is -1.85. The van der Waals surface area contributed by atoms with Crippen LogP contribution in [0, 0.1) is 0 Å². The Morgan fingerprint density at radius 2 is 2.33 bits per heavy atom. The summed E-state index contributed by atoms with van der Waals surface area (Å²) in [5, 5.41) is 4.39. The molecule has 0 amide bonds. The zero-order chi connectivity index (χ0) is 8.13. The molecule has 0 radical (unpaired) electrons. The van der Waals surface area contributed by atoms with Gasteiger partial charge in [0.15, 0.2) is 0 Å². The van der Waals surface area contributed by atoms with Crippen LogP contribution in [0.15, 0.2) is 22.6 Å². The van der Waals surface area contributed by atoms with Gasteiger partial charge in [-0.2, -0.15) is 0 Å². The first-order valence-corrected chi connectivity index (χ1v) is 4.10. The minimum atomic E-state index is 1.02. The van der Waals surface area contributed by atoms with Crippen molar-refractivity contribution in [3.8, 4) is 0 Å². The van der Waals surface area contributed by atoms with Crippen LogP contribution in [0.25, 0.3) is 11.0 Å². The third-order valence-electron chi connectivity index (χ3n) is 2.38. The van der Waals surface area contributed by atoms with Crippen molar-refractivity contribution < 1.29 is 4.42 Å². The van der Waals surface area contributed by atoms with E-state index >= 15 is 0 Å². The SMILES string of the molecule is CNc1ccc2oc3c(c2c1)C3. The average molecular weight is 159 g/mol. The van der Waals surface area contributed by atoms with Gasteiger partial charge in [-0.05, 0) is 18.2 Å². The van der Waals surface area contributed by atoms with Crippen LogP contribution < -0.4 is 5.32 Å². The summed E-state index contributed by atoms with van der Waals surface area (Å²) in [6, 6.07) is 6.20. The Balaban J connectivity index is 2.34. The normalized spacial score (nSPS) is 13.1. The van der Waals surface area contributed by atoms with Crippen LogP contribution in [0.5, 0.6) is 0 Å². The van der Waals surface area contributed by atoms with Crippen molar-refractivity contribution in [2.45, 2.75) is 6.42 Å². The van der Waals surface area contributed by atoms with Crippen molar-refractivity contribution in [2.24, 2.45) is 0 Å². The second-order valence-corrected chi connectivity index (χ2v) is 3.14. The van der Waals surface area contributed by atoms with Gasteiger partial charge in [0, 0.05) is 30.1 Å². The van der Waals surface area contributed by atoms with Gasteiger partial charge in [0.2, 0.25) is 0 Å². The Kier molecular flexibility index (Phi) is 0.933. The van der Waals surface area contributed by atoms with Gasteiger partial charge in [-0.25, -0.2) is 0 Å². The van der Waals surface area contributed by atoms with Crippen LogP contribution in [0.1, 0.15) is 11.3 Å². The highest BCUT2D eigenvalue weighted by Gasteiger charge is 2.26. The molecule has 0 unspecified atom stereocenters. The standard InChI is InChI=1S/C10H9NO/c1-11-6-2-3-9-7(4-6)8-5-10(8)12-9/h2-4,11H,5H2,1H3. The number of furan rings is 1. The van der Waals surface area contributed by atoms with Crippen LogP contribution in [0.2, 0.25) is 0 Å². The van der Waals surface area contributed by atoms with E-state index in [1.54, 1.807) is 0 Å². The Morgan fingerprint density at radius 3 is 3.17 bits per heavy atom. The summed E-state index contributed by atoms with van der Waals surface area (Å²) < 4.78 is 5.53. The van der Waals surface area contributed by atoms with E-state index in [1.807, 2.05) is 19.2 Å². The number of nitrogens with one attached hydrogen (secondary N) is 1. The van der Waals surface area contributed by atoms with Gasteiger partial charge < -0.3 is 9.73 Å². The Bertz CT molecular complexity index is 456. The quantitative estimate of drug-likeness (QED) is 0.589. The van der Waals surface area contributed by atoms with Crippen molar-refractivity contribution >= 4 is 16.7 Å². The highest BCUT2D eigenvalue weighted by atomic mass is 16.3. The number of rotatable bonds is 1. The third-order valence-corrected chi connectivity index (χ3v) is 2.38. The molecule has 2 heteroatoms. The number of hydrogen-bond donors (Lipinski definition) is 1. The molecular formula is C10H9NO. The number of anilines is 1. The van der Waals surface area contributed by atoms with Crippen molar-refractivity contribution in [3.05, 3.63) is 29.5 Å². The summed E-state index contributed by atoms with van der Waals surface area (Å²) in [6.07, 6.45) is 1.06. The van der Waals surface area contributed by atoms with Gasteiger partial charge in [0.1, 0.15) is 11.3 Å². The Hall–Kier alpha value is -1.44. The molecule has 1 aromatic heterocycles. The maximum Gasteiger partial charge on any atom is 0.134 e. The highest BCUT2D eigenvalue weighted by Crippen LogP contribution is 2.39. The summed E-state index contributed by atoms with van der Waals surface area (Å²) in [4.78, 5) is 0. The smallest absolute Gasteiger partial charge is 0.134 e. The molecule has 12 heavy (non-hydrogen) atoms. The molecule has 1 N–H and O–H groups in total. The van der Waals surface area contributed by atoms with Crippen molar-refractivity contribution in [3.63, 3.8) is 0 Å². The van der Waals surface area contributed by atoms with Gasteiger partial charge in [0.05, 0.1) is 0 Å². The van der Waals surface area contributed by atoms with Crippen molar-refractivity contribution in [1.82, 2.24) is 0 Å². The van der Waals surface area contributed by atoms with E-state index in [-0.39, 0.29) is 0 Å². The summed E-state index contributed by atoms with van der Waals surface area (Å²) in [5.41, 5.74) is 3.56. The predicted molar refractivity (Wildman–Crippen MR) is 48.6 cm³/mol. The minimum Gasteiger partial charge on any atom is -0.460 e. The maximum absolute atomic E-state index is 5.53. The fourth-order valence-electron chi connectivity index (χ4n) is 1.60. The zero-order valence-corrected chi connectivity index (χ0v) is 6.85. The van der Waals surface area contributed by atoms with Crippen LogP contribution in [0.3, 0.4) is 0 Å². The molecule has 2 aromatic rings. The second-order valence-electron chi connectivity index (χ2n) is 3.14. The molecule has 1 aromatic carbocycles. The first kappa shape index (κ1) is 6.12. The van der Waals surface area contributed by atoms with Gasteiger partial charge in [-0.3, -0.25) is 0 Å². The molecule has 1 heterocycles. The summed E-state index contributed by atoms with van der Waals surface area (Å²) in [7, 11) is 1.93. The fraction of sp³-hybridized carbons (Fsp3) is 0.200. The van der Waals surface area contributed by atoms with Crippen LogP contribution >= 0.6 is 0 Å². The molecule has 1 aliphatic carbocycles. The molecule has 0 saturated heterocycles. The lowest BCUT2D eigenvalue weighted by Gasteiger charge is -1.98. The van der Waals surface area contributed by atoms with E-state index in [1.165, 1.54) is 16.7 Å². The Morgan fingerprint density at radius 1 is 1.42 bits per heavy atom. The molecule has 0 fully saturated rings. The third kappa shape index (κ3) is 0.644. The molecule has 0 atom stereocenters. The van der Waals surface area contributed by atoms with Crippen LogP contribution in [0.4, 0.5) is 5.69 Å². The van der Waals surface area contributed by atoms with Crippen LogP contribution in [-0.4, -0.2) is 7.05 Å². The zero-order valence-electron chi connectivity index (χ0n) is 6.85.